The molecule has 0 bridgehead atoms. The second-order valence-corrected chi connectivity index (χ2v) is 4.48. The van der Waals surface area contributed by atoms with Crippen LogP contribution in [0.3, 0.4) is 0 Å². The molecule has 0 saturated heterocycles. The maximum atomic E-state index is 6.08. The number of unbranched alkanes of at least 4 members (excludes halogenated alkanes) is 1. The quantitative estimate of drug-likeness (QED) is 0.782. The maximum Gasteiger partial charge on any atom is 0.149 e. The van der Waals surface area contributed by atoms with Crippen LogP contribution < -0.4 is 5.73 Å². The molecular formula is C11H22N4. The Morgan fingerprint density at radius 3 is 2.80 bits per heavy atom. The Kier molecular flexibility index (Phi) is 4.75. The molecule has 1 aromatic heterocycles. The van der Waals surface area contributed by atoms with Crippen molar-refractivity contribution in [2.75, 3.05) is 0 Å². The fraction of sp³-hybridized carbons (Fsp3) is 0.818. The lowest BCUT2D eigenvalue weighted by atomic mass is 10.1. The van der Waals surface area contributed by atoms with E-state index < -0.39 is 0 Å². The molecule has 1 unspecified atom stereocenters. The third kappa shape index (κ3) is 3.63. The van der Waals surface area contributed by atoms with Crippen LogP contribution in [0.4, 0.5) is 0 Å². The molecule has 0 fully saturated rings. The number of aromatic nitrogens is 3. The van der Waals surface area contributed by atoms with Crippen LogP contribution in [-0.2, 0) is 6.54 Å². The van der Waals surface area contributed by atoms with Crippen molar-refractivity contribution in [2.45, 2.75) is 52.6 Å². The third-order valence-corrected chi connectivity index (χ3v) is 2.41. The fourth-order valence-electron chi connectivity index (χ4n) is 1.64. The molecule has 15 heavy (non-hydrogen) atoms. The third-order valence-electron chi connectivity index (χ3n) is 2.41. The predicted molar refractivity (Wildman–Crippen MR) is 61.3 cm³/mol. The highest BCUT2D eigenvalue weighted by molar-refractivity contribution is 4.93. The van der Waals surface area contributed by atoms with Crippen LogP contribution in [0, 0.1) is 5.92 Å². The van der Waals surface area contributed by atoms with Crippen molar-refractivity contribution >= 4 is 0 Å². The lowest BCUT2D eigenvalue weighted by Gasteiger charge is -2.13. The number of nitrogens with two attached hydrogens (primary N) is 1. The van der Waals surface area contributed by atoms with Crippen LogP contribution in [0.15, 0.2) is 6.33 Å². The maximum absolute atomic E-state index is 6.08. The highest BCUT2D eigenvalue weighted by Gasteiger charge is 2.13. The molecule has 0 radical (unpaired) electrons. The Hall–Kier alpha value is -0.900. The Morgan fingerprint density at radius 1 is 1.47 bits per heavy atom. The van der Waals surface area contributed by atoms with E-state index in [2.05, 4.69) is 35.5 Å². The van der Waals surface area contributed by atoms with Gasteiger partial charge in [0.1, 0.15) is 12.2 Å². The van der Waals surface area contributed by atoms with Crippen molar-refractivity contribution in [2.24, 2.45) is 11.7 Å². The van der Waals surface area contributed by atoms with Crippen molar-refractivity contribution in [3.63, 3.8) is 0 Å². The van der Waals surface area contributed by atoms with E-state index in [9.17, 15) is 0 Å². The van der Waals surface area contributed by atoms with Crippen LogP contribution in [0.1, 0.15) is 51.9 Å². The molecule has 0 amide bonds. The van der Waals surface area contributed by atoms with E-state index in [-0.39, 0.29) is 6.04 Å². The van der Waals surface area contributed by atoms with Crippen LogP contribution in [0.5, 0.6) is 0 Å². The summed E-state index contributed by atoms with van der Waals surface area (Å²) in [5.74, 6) is 1.52. The first-order chi connectivity index (χ1) is 7.15. The van der Waals surface area contributed by atoms with E-state index in [1.54, 1.807) is 6.33 Å². The van der Waals surface area contributed by atoms with E-state index in [1.165, 1.54) is 6.42 Å². The van der Waals surface area contributed by atoms with Crippen molar-refractivity contribution in [3.05, 3.63) is 12.2 Å². The molecular weight excluding hydrogens is 188 g/mol. The molecule has 1 aromatic rings. The van der Waals surface area contributed by atoms with E-state index in [1.807, 2.05) is 0 Å². The van der Waals surface area contributed by atoms with Gasteiger partial charge >= 0.3 is 0 Å². The molecule has 0 aliphatic heterocycles. The molecule has 1 heterocycles. The Bertz CT molecular complexity index is 280. The summed E-state index contributed by atoms with van der Waals surface area (Å²) in [4.78, 5) is 0. The molecule has 0 saturated carbocycles. The van der Waals surface area contributed by atoms with Gasteiger partial charge in [0.15, 0.2) is 0 Å². The summed E-state index contributed by atoms with van der Waals surface area (Å²) in [5, 5.41) is 8.05. The summed E-state index contributed by atoms with van der Waals surface area (Å²) in [5.41, 5.74) is 6.08. The average Bonchev–Trinajstić information content (AvgIpc) is 2.61. The lowest BCUT2D eigenvalue weighted by Crippen LogP contribution is -2.18. The van der Waals surface area contributed by atoms with Crippen molar-refractivity contribution in [3.8, 4) is 0 Å². The predicted octanol–water partition coefficient (Wildman–Crippen LogP) is 2.12. The second-order valence-electron chi connectivity index (χ2n) is 4.48. The first-order valence-corrected chi connectivity index (χ1v) is 5.78. The molecule has 4 heteroatoms. The monoisotopic (exact) mass is 210 g/mol. The standard InChI is InChI=1S/C11H22N4/c1-4-5-6-10(12)11-14-13-8-15(11)7-9(2)3/h8-10H,4-7,12H2,1-3H3. The lowest BCUT2D eigenvalue weighted by molar-refractivity contribution is 0.474. The van der Waals surface area contributed by atoms with Gasteiger partial charge < -0.3 is 10.3 Å². The minimum atomic E-state index is 0.0335. The molecule has 0 spiro atoms. The van der Waals surface area contributed by atoms with Crippen LogP contribution in [0.2, 0.25) is 0 Å². The Morgan fingerprint density at radius 2 is 2.20 bits per heavy atom. The van der Waals surface area contributed by atoms with Gasteiger partial charge in [0.2, 0.25) is 0 Å². The van der Waals surface area contributed by atoms with Crippen LogP contribution in [-0.4, -0.2) is 14.8 Å². The molecule has 86 valence electrons. The van der Waals surface area contributed by atoms with Gasteiger partial charge in [-0.2, -0.15) is 0 Å². The van der Waals surface area contributed by atoms with Gasteiger partial charge in [0, 0.05) is 6.54 Å². The van der Waals surface area contributed by atoms with Crippen LogP contribution in [0.25, 0.3) is 0 Å². The molecule has 0 aliphatic rings. The molecule has 1 atom stereocenters. The number of rotatable bonds is 6. The number of hydrogen-bond donors (Lipinski definition) is 1. The van der Waals surface area contributed by atoms with Crippen molar-refractivity contribution < 1.29 is 0 Å². The smallest absolute Gasteiger partial charge is 0.149 e. The van der Waals surface area contributed by atoms with E-state index in [4.69, 9.17) is 5.73 Å². The SMILES string of the molecule is CCCCC(N)c1nncn1CC(C)C. The normalized spacial score (nSPS) is 13.4. The van der Waals surface area contributed by atoms with Gasteiger partial charge in [0.05, 0.1) is 6.04 Å². The van der Waals surface area contributed by atoms with Gasteiger partial charge in [-0.25, -0.2) is 0 Å². The zero-order chi connectivity index (χ0) is 11.3. The second kappa shape index (κ2) is 5.85. The van der Waals surface area contributed by atoms with E-state index in [0.29, 0.717) is 5.92 Å². The summed E-state index contributed by atoms with van der Waals surface area (Å²) in [6.45, 7) is 7.48. The summed E-state index contributed by atoms with van der Waals surface area (Å²) < 4.78 is 2.07. The number of hydrogen-bond acceptors (Lipinski definition) is 3. The Balaban J connectivity index is 2.62. The van der Waals surface area contributed by atoms with Gasteiger partial charge in [-0.15, -0.1) is 10.2 Å². The zero-order valence-corrected chi connectivity index (χ0v) is 9.98. The first kappa shape index (κ1) is 12.2. The largest absolute Gasteiger partial charge is 0.321 e. The summed E-state index contributed by atoms with van der Waals surface area (Å²) in [6.07, 6.45) is 5.09. The van der Waals surface area contributed by atoms with Crippen LogP contribution >= 0.6 is 0 Å². The van der Waals surface area contributed by atoms with Gasteiger partial charge in [-0.05, 0) is 12.3 Å². The molecule has 0 aliphatic carbocycles. The summed E-state index contributed by atoms with van der Waals surface area (Å²) >= 11 is 0. The van der Waals surface area contributed by atoms with Crippen molar-refractivity contribution in [1.29, 1.82) is 0 Å². The van der Waals surface area contributed by atoms with E-state index in [0.717, 1.165) is 25.2 Å². The highest BCUT2D eigenvalue weighted by Crippen LogP contribution is 2.15. The van der Waals surface area contributed by atoms with Crippen molar-refractivity contribution in [1.82, 2.24) is 14.8 Å². The first-order valence-electron chi connectivity index (χ1n) is 5.78. The topological polar surface area (TPSA) is 56.7 Å². The molecule has 2 N–H and O–H groups in total. The van der Waals surface area contributed by atoms with Gasteiger partial charge in [0.25, 0.3) is 0 Å². The molecule has 4 nitrogen and oxygen atoms in total. The van der Waals surface area contributed by atoms with E-state index >= 15 is 0 Å². The molecule has 1 rings (SSSR count). The summed E-state index contributed by atoms with van der Waals surface area (Å²) in [7, 11) is 0. The van der Waals surface area contributed by atoms with Gasteiger partial charge in [-0.3, -0.25) is 0 Å². The fourth-order valence-corrected chi connectivity index (χ4v) is 1.64. The average molecular weight is 210 g/mol. The molecule has 0 aromatic carbocycles. The zero-order valence-electron chi connectivity index (χ0n) is 9.98. The minimum absolute atomic E-state index is 0.0335. The Labute approximate surface area is 91.9 Å². The van der Waals surface area contributed by atoms with Gasteiger partial charge in [-0.1, -0.05) is 33.6 Å². The highest BCUT2D eigenvalue weighted by atomic mass is 15.3. The minimum Gasteiger partial charge on any atom is -0.321 e. The number of nitrogens with zero attached hydrogens (tertiary/aromatic N) is 3. The summed E-state index contributed by atoms with van der Waals surface area (Å²) in [6, 6.07) is 0.0335.